The van der Waals surface area contributed by atoms with E-state index in [-0.39, 0.29) is 6.42 Å². The Labute approximate surface area is 233 Å². The Balaban J connectivity index is 1.80. The molecule has 200 valence electrons. The van der Waals surface area contributed by atoms with Crippen molar-refractivity contribution in [2.45, 2.75) is 58.7 Å². The van der Waals surface area contributed by atoms with Gasteiger partial charge in [0.15, 0.2) is 0 Å². The summed E-state index contributed by atoms with van der Waals surface area (Å²) in [6, 6.07) is 17.6. The van der Waals surface area contributed by atoms with Crippen LogP contribution in [0.5, 0.6) is 0 Å². The molecule has 0 saturated carbocycles. The molecule has 0 aliphatic heterocycles. The van der Waals surface area contributed by atoms with Gasteiger partial charge in [0.2, 0.25) is 0 Å². The zero-order chi connectivity index (χ0) is 26.8. The summed E-state index contributed by atoms with van der Waals surface area (Å²) in [5.74, 6) is -1.24. The van der Waals surface area contributed by atoms with Gasteiger partial charge in [-0.25, -0.2) is 8.78 Å². The van der Waals surface area contributed by atoms with Crippen molar-refractivity contribution in [1.82, 2.24) is 5.32 Å². The molecule has 0 bridgehead atoms. The summed E-state index contributed by atoms with van der Waals surface area (Å²) in [6.45, 7) is 9.28. The average molecular weight is 622 g/mol. The maximum atomic E-state index is 13.9. The number of aliphatic hydroxyl groups is 1. The molecule has 0 saturated heterocycles. The van der Waals surface area contributed by atoms with Gasteiger partial charge in [0.05, 0.1) is 12.1 Å². The number of nitrogens with one attached hydrogen (secondary N) is 2. The molecule has 0 amide bonds. The number of benzene rings is 3. The first-order valence-electron chi connectivity index (χ1n) is 13.0. The predicted octanol–water partition coefficient (Wildman–Crippen LogP) is 6.68. The lowest BCUT2D eigenvalue weighted by atomic mass is 9.99. The number of hydrogen-bond acceptors (Lipinski definition) is 4. The van der Waals surface area contributed by atoms with Gasteiger partial charge >= 0.3 is 0 Å². The molecule has 3 aromatic carbocycles. The maximum Gasteiger partial charge on any atom is 0.126 e. The van der Waals surface area contributed by atoms with Crippen molar-refractivity contribution < 1.29 is 13.9 Å². The number of rotatable bonds is 14. The second-order valence-corrected chi connectivity index (χ2v) is 10.9. The highest BCUT2D eigenvalue weighted by molar-refractivity contribution is 14.1. The lowest BCUT2D eigenvalue weighted by Gasteiger charge is -2.28. The third-order valence-corrected chi connectivity index (χ3v) is 6.85. The summed E-state index contributed by atoms with van der Waals surface area (Å²) >= 11 is 2.28. The van der Waals surface area contributed by atoms with Crippen LogP contribution in [0.2, 0.25) is 0 Å². The van der Waals surface area contributed by atoms with Crippen LogP contribution in [0.3, 0.4) is 0 Å². The quantitative estimate of drug-likeness (QED) is 0.176. The van der Waals surface area contributed by atoms with Crippen molar-refractivity contribution in [2.24, 2.45) is 0 Å². The Morgan fingerprint density at radius 2 is 1.62 bits per heavy atom. The van der Waals surface area contributed by atoms with Gasteiger partial charge in [0.25, 0.3) is 0 Å². The Kier molecular flexibility index (Phi) is 11.6. The minimum Gasteiger partial charge on any atom is -0.390 e. The van der Waals surface area contributed by atoms with Crippen molar-refractivity contribution in [1.29, 1.82) is 0 Å². The Morgan fingerprint density at radius 3 is 2.27 bits per heavy atom. The predicted molar refractivity (Wildman–Crippen MR) is 158 cm³/mol. The fourth-order valence-electron chi connectivity index (χ4n) is 4.57. The lowest BCUT2D eigenvalue weighted by Crippen LogP contribution is -2.42. The fourth-order valence-corrected chi connectivity index (χ4v) is 5.18. The molecule has 0 radical (unpaired) electrons. The molecule has 3 N–H and O–H groups in total. The molecule has 4 nitrogen and oxygen atoms in total. The van der Waals surface area contributed by atoms with Crippen LogP contribution in [0.1, 0.15) is 43.4 Å². The smallest absolute Gasteiger partial charge is 0.126 e. The SMILES string of the molecule is CCCN(CCC)c1cc(C)cc(N[C@@H](Cc2cc(F)cc(F)c2)[C@H](O)CNCc2cccc(I)c2)c1. The second kappa shape index (κ2) is 14.6. The highest BCUT2D eigenvalue weighted by atomic mass is 127. The normalized spacial score (nSPS) is 12.8. The first kappa shape index (κ1) is 29.3. The molecule has 0 aliphatic rings. The van der Waals surface area contributed by atoms with Gasteiger partial charge < -0.3 is 20.6 Å². The highest BCUT2D eigenvalue weighted by Crippen LogP contribution is 2.25. The van der Waals surface area contributed by atoms with E-state index >= 15 is 0 Å². The summed E-state index contributed by atoms with van der Waals surface area (Å²) < 4.78 is 29.0. The van der Waals surface area contributed by atoms with E-state index in [1.807, 2.05) is 24.3 Å². The minimum atomic E-state index is -0.791. The summed E-state index contributed by atoms with van der Waals surface area (Å²) in [6.07, 6.45) is 1.59. The average Bonchev–Trinajstić information content (AvgIpc) is 2.82. The number of aliphatic hydroxyl groups excluding tert-OH is 1. The van der Waals surface area contributed by atoms with Gasteiger partial charge in [-0.15, -0.1) is 0 Å². The second-order valence-electron chi connectivity index (χ2n) is 9.61. The Bertz CT molecular complexity index is 1120. The largest absolute Gasteiger partial charge is 0.390 e. The van der Waals surface area contributed by atoms with Crippen LogP contribution in [0.4, 0.5) is 20.2 Å². The summed E-state index contributed by atoms with van der Waals surface area (Å²) in [5.41, 5.74) is 4.75. The molecule has 0 unspecified atom stereocenters. The number of hydrogen-bond donors (Lipinski definition) is 3. The Hall–Kier alpha value is -2.23. The van der Waals surface area contributed by atoms with E-state index in [9.17, 15) is 13.9 Å². The van der Waals surface area contributed by atoms with Crippen LogP contribution in [0, 0.1) is 22.1 Å². The molecule has 2 atom stereocenters. The number of halogens is 3. The summed E-state index contributed by atoms with van der Waals surface area (Å²) in [7, 11) is 0. The van der Waals surface area contributed by atoms with Gasteiger partial charge in [-0.05, 0) is 108 Å². The summed E-state index contributed by atoms with van der Waals surface area (Å²) in [5, 5.41) is 18.0. The third-order valence-electron chi connectivity index (χ3n) is 6.18. The summed E-state index contributed by atoms with van der Waals surface area (Å²) in [4.78, 5) is 2.37. The zero-order valence-electron chi connectivity index (χ0n) is 21.9. The van der Waals surface area contributed by atoms with Crippen LogP contribution in [-0.2, 0) is 13.0 Å². The molecule has 3 aromatic rings. The number of aryl methyl sites for hydroxylation is 1. The molecule has 0 spiro atoms. The number of anilines is 2. The van der Waals surface area contributed by atoms with Crippen molar-refractivity contribution in [2.75, 3.05) is 29.9 Å². The molecule has 0 fully saturated rings. The van der Waals surface area contributed by atoms with Gasteiger partial charge in [-0.2, -0.15) is 0 Å². The molecule has 0 heterocycles. The van der Waals surface area contributed by atoms with Crippen molar-refractivity contribution in [3.63, 3.8) is 0 Å². The standard InChI is InChI=1S/C30H38F2IN3O/c1-4-9-36(10-5-2)28-12-21(3)11-27(18-28)35-29(16-23-13-24(31)17-25(32)14-23)30(37)20-34-19-22-7-6-8-26(33)15-22/h6-8,11-15,17-18,29-30,34-35,37H,4-5,9-10,16,19-20H2,1-3H3/t29-,30+/m0/s1. The monoisotopic (exact) mass is 621 g/mol. The van der Waals surface area contributed by atoms with Crippen LogP contribution in [-0.4, -0.2) is 36.9 Å². The van der Waals surface area contributed by atoms with Gasteiger partial charge in [0, 0.05) is 47.2 Å². The van der Waals surface area contributed by atoms with E-state index in [0.717, 1.165) is 58.1 Å². The van der Waals surface area contributed by atoms with E-state index in [4.69, 9.17) is 0 Å². The molecule has 37 heavy (non-hydrogen) atoms. The molecule has 0 aromatic heterocycles. The fraction of sp³-hybridized carbons (Fsp3) is 0.400. The lowest BCUT2D eigenvalue weighted by molar-refractivity contribution is 0.148. The van der Waals surface area contributed by atoms with Crippen molar-refractivity contribution in [3.05, 3.63) is 92.6 Å². The van der Waals surface area contributed by atoms with Gasteiger partial charge in [-0.1, -0.05) is 26.0 Å². The molecular weight excluding hydrogens is 583 g/mol. The zero-order valence-corrected chi connectivity index (χ0v) is 24.1. The van der Waals surface area contributed by atoms with Crippen LogP contribution < -0.4 is 15.5 Å². The molecule has 0 aliphatic carbocycles. The van der Waals surface area contributed by atoms with Crippen molar-refractivity contribution >= 4 is 34.0 Å². The topological polar surface area (TPSA) is 47.5 Å². The molecule has 3 rings (SSSR count). The Morgan fingerprint density at radius 1 is 0.919 bits per heavy atom. The van der Waals surface area contributed by atoms with Crippen molar-refractivity contribution in [3.8, 4) is 0 Å². The van der Waals surface area contributed by atoms with Gasteiger partial charge in [-0.3, -0.25) is 0 Å². The van der Waals surface area contributed by atoms with E-state index in [2.05, 4.69) is 77.1 Å². The third kappa shape index (κ3) is 9.54. The first-order chi connectivity index (χ1) is 17.8. The van der Waals surface area contributed by atoms with Crippen LogP contribution >= 0.6 is 22.6 Å². The molecule has 7 heteroatoms. The number of nitrogens with zero attached hydrogens (tertiary/aromatic N) is 1. The van der Waals surface area contributed by atoms with E-state index in [0.29, 0.717) is 18.7 Å². The molecular formula is C30H38F2IN3O. The van der Waals surface area contributed by atoms with Crippen LogP contribution in [0.25, 0.3) is 0 Å². The van der Waals surface area contributed by atoms with E-state index in [1.165, 1.54) is 12.1 Å². The maximum absolute atomic E-state index is 13.9. The van der Waals surface area contributed by atoms with E-state index < -0.39 is 23.8 Å². The minimum absolute atomic E-state index is 0.275. The highest BCUT2D eigenvalue weighted by Gasteiger charge is 2.21. The van der Waals surface area contributed by atoms with E-state index in [1.54, 1.807) is 0 Å². The first-order valence-corrected chi connectivity index (χ1v) is 14.1. The van der Waals surface area contributed by atoms with Crippen LogP contribution in [0.15, 0.2) is 60.7 Å². The van der Waals surface area contributed by atoms with Gasteiger partial charge in [0.1, 0.15) is 11.6 Å².